The minimum absolute atomic E-state index is 0.00889. The van der Waals surface area contributed by atoms with Gasteiger partial charge in [0.2, 0.25) is 0 Å². The van der Waals surface area contributed by atoms with Crippen molar-refractivity contribution < 1.29 is 23.1 Å². The van der Waals surface area contributed by atoms with Gasteiger partial charge in [0.1, 0.15) is 6.54 Å². The van der Waals surface area contributed by atoms with E-state index >= 15 is 0 Å². The average Bonchev–Trinajstić information content (AvgIpc) is 2.64. The molecule has 116 valence electrons. The lowest BCUT2D eigenvalue weighted by molar-refractivity contribution is -0.138. The highest BCUT2D eigenvalue weighted by Crippen LogP contribution is 2.19. The second-order valence-electron chi connectivity index (χ2n) is 5.64. The second-order valence-corrected chi connectivity index (χ2v) is 7.86. The molecule has 0 saturated carbocycles. The molecule has 7 nitrogen and oxygen atoms in total. The molecule has 1 heterocycles. The number of carbonyl (C=O) groups is 2. The van der Waals surface area contributed by atoms with Gasteiger partial charge in [-0.3, -0.25) is 4.79 Å². The molecule has 1 saturated heterocycles. The summed E-state index contributed by atoms with van der Waals surface area (Å²) in [5.41, 5.74) is 0. The summed E-state index contributed by atoms with van der Waals surface area (Å²) in [7, 11) is -1.57. The zero-order valence-corrected chi connectivity index (χ0v) is 12.9. The fourth-order valence-electron chi connectivity index (χ4n) is 2.36. The Hall–Kier alpha value is -1.31. The van der Waals surface area contributed by atoms with Crippen LogP contribution in [0.1, 0.15) is 20.3 Å². The van der Waals surface area contributed by atoms with E-state index in [-0.39, 0.29) is 17.4 Å². The van der Waals surface area contributed by atoms with Crippen LogP contribution in [0.15, 0.2) is 0 Å². The lowest BCUT2D eigenvalue weighted by Crippen LogP contribution is -2.50. The first-order valence-electron chi connectivity index (χ1n) is 6.56. The molecule has 0 aromatic heterocycles. The van der Waals surface area contributed by atoms with Crippen LogP contribution in [0.5, 0.6) is 0 Å². The molecule has 0 aromatic rings. The van der Waals surface area contributed by atoms with E-state index in [4.69, 9.17) is 5.11 Å². The summed E-state index contributed by atoms with van der Waals surface area (Å²) in [4.78, 5) is 25.8. The van der Waals surface area contributed by atoms with Crippen LogP contribution in [-0.4, -0.2) is 73.0 Å². The van der Waals surface area contributed by atoms with Crippen molar-refractivity contribution in [2.75, 3.05) is 31.6 Å². The van der Waals surface area contributed by atoms with Crippen molar-refractivity contribution in [2.45, 2.75) is 26.3 Å². The van der Waals surface area contributed by atoms with E-state index in [1.807, 2.05) is 13.8 Å². The highest BCUT2D eigenvalue weighted by atomic mass is 32.2. The van der Waals surface area contributed by atoms with E-state index in [2.05, 4.69) is 0 Å². The molecule has 0 aliphatic carbocycles. The Kier molecular flexibility index (Phi) is 5.38. The van der Waals surface area contributed by atoms with Gasteiger partial charge in [0.05, 0.1) is 11.5 Å². The maximum atomic E-state index is 12.3. The summed E-state index contributed by atoms with van der Waals surface area (Å²) in [6, 6.07) is -0.971. The van der Waals surface area contributed by atoms with Gasteiger partial charge in [0.25, 0.3) is 0 Å². The topological polar surface area (TPSA) is 95.0 Å². The number of urea groups is 1. The zero-order chi connectivity index (χ0) is 15.5. The molecule has 1 aliphatic rings. The van der Waals surface area contributed by atoms with Crippen LogP contribution in [0.2, 0.25) is 0 Å². The van der Waals surface area contributed by atoms with Crippen molar-refractivity contribution in [3.8, 4) is 0 Å². The number of nitrogens with zero attached hydrogens (tertiary/aromatic N) is 2. The van der Waals surface area contributed by atoms with E-state index in [0.717, 1.165) is 4.90 Å². The molecule has 0 radical (unpaired) electrons. The first-order valence-corrected chi connectivity index (χ1v) is 8.38. The Balaban J connectivity index is 2.84. The minimum Gasteiger partial charge on any atom is -0.480 e. The number of carboxylic acid groups (broad SMARTS) is 1. The smallest absolute Gasteiger partial charge is 0.323 e. The van der Waals surface area contributed by atoms with Crippen molar-refractivity contribution >= 4 is 21.8 Å². The third-order valence-corrected chi connectivity index (χ3v) is 4.92. The highest BCUT2D eigenvalue weighted by molar-refractivity contribution is 7.91. The molecule has 0 bridgehead atoms. The zero-order valence-electron chi connectivity index (χ0n) is 12.1. The van der Waals surface area contributed by atoms with E-state index < -0.39 is 34.4 Å². The summed E-state index contributed by atoms with van der Waals surface area (Å²) in [5.74, 6) is -1.03. The van der Waals surface area contributed by atoms with E-state index in [0.29, 0.717) is 13.0 Å². The van der Waals surface area contributed by atoms with Crippen molar-refractivity contribution in [1.29, 1.82) is 0 Å². The molecular weight excluding hydrogens is 284 g/mol. The molecule has 1 unspecified atom stereocenters. The largest absolute Gasteiger partial charge is 0.480 e. The molecule has 8 heteroatoms. The van der Waals surface area contributed by atoms with Gasteiger partial charge in [-0.05, 0) is 12.3 Å². The van der Waals surface area contributed by atoms with E-state index in [9.17, 15) is 18.0 Å². The summed E-state index contributed by atoms with van der Waals surface area (Å²) in [5, 5.41) is 8.93. The monoisotopic (exact) mass is 306 g/mol. The van der Waals surface area contributed by atoms with Crippen LogP contribution in [0.25, 0.3) is 0 Å². The number of carbonyl (C=O) groups excluding carboxylic acids is 1. The second kappa shape index (κ2) is 6.43. The number of rotatable bonds is 5. The number of hydrogen-bond donors (Lipinski definition) is 1. The van der Waals surface area contributed by atoms with Gasteiger partial charge >= 0.3 is 12.0 Å². The number of aliphatic carboxylic acids is 1. The summed E-state index contributed by atoms with van der Waals surface area (Å²) in [6.07, 6.45) is 0.302. The predicted molar refractivity (Wildman–Crippen MR) is 74.3 cm³/mol. The lowest BCUT2D eigenvalue weighted by atomic mass is 10.2. The van der Waals surface area contributed by atoms with Gasteiger partial charge in [-0.1, -0.05) is 13.8 Å². The summed E-state index contributed by atoms with van der Waals surface area (Å²) < 4.78 is 23.0. The van der Waals surface area contributed by atoms with Gasteiger partial charge in [0.15, 0.2) is 9.84 Å². The lowest BCUT2D eigenvalue weighted by Gasteiger charge is -2.31. The van der Waals surface area contributed by atoms with Gasteiger partial charge in [-0.25, -0.2) is 13.2 Å². The maximum Gasteiger partial charge on any atom is 0.323 e. The van der Waals surface area contributed by atoms with Crippen molar-refractivity contribution in [1.82, 2.24) is 9.80 Å². The van der Waals surface area contributed by atoms with E-state index in [1.165, 1.54) is 4.90 Å². The molecule has 1 rings (SSSR count). The molecule has 0 aromatic carbocycles. The Morgan fingerprint density at radius 2 is 1.95 bits per heavy atom. The van der Waals surface area contributed by atoms with Crippen LogP contribution in [0.4, 0.5) is 4.79 Å². The van der Waals surface area contributed by atoms with Crippen molar-refractivity contribution in [2.24, 2.45) is 5.92 Å². The Morgan fingerprint density at radius 1 is 1.35 bits per heavy atom. The molecule has 1 fully saturated rings. The third kappa shape index (κ3) is 4.66. The molecular formula is C12H22N2O5S. The minimum atomic E-state index is -3.16. The van der Waals surface area contributed by atoms with Crippen molar-refractivity contribution in [3.63, 3.8) is 0 Å². The quantitative estimate of drug-likeness (QED) is 0.786. The average molecular weight is 306 g/mol. The van der Waals surface area contributed by atoms with Crippen LogP contribution >= 0.6 is 0 Å². The van der Waals surface area contributed by atoms with Crippen molar-refractivity contribution in [3.05, 3.63) is 0 Å². The highest BCUT2D eigenvalue weighted by Gasteiger charge is 2.36. The Bertz CT molecular complexity index is 474. The number of carboxylic acids is 1. The van der Waals surface area contributed by atoms with Gasteiger partial charge in [-0.2, -0.15) is 0 Å². The molecule has 1 atom stereocenters. The molecule has 20 heavy (non-hydrogen) atoms. The van der Waals surface area contributed by atoms with Crippen LogP contribution in [0.3, 0.4) is 0 Å². The number of sulfone groups is 1. The predicted octanol–water partition coefficient (Wildman–Crippen LogP) is 0.268. The molecule has 1 aliphatic heterocycles. The fourth-order valence-corrected chi connectivity index (χ4v) is 4.10. The number of hydrogen-bond acceptors (Lipinski definition) is 4. The summed E-state index contributed by atoms with van der Waals surface area (Å²) in [6.45, 7) is 3.92. The summed E-state index contributed by atoms with van der Waals surface area (Å²) >= 11 is 0. The Morgan fingerprint density at radius 3 is 2.35 bits per heavy atom. The van der Waals surface area contributed by atoms with Gasteiger partial charge < -0.3 is 14.9 Å². The first-order chi connectivity index (χ1) is 9.12. The fraction of sp³-hybridized carbons (Fsp3) is 0.833. The van der Waals surface area contributed by atoms with Crippen LogP contribution in [0, 0.1) is 5.92 Å². The SMILES string of the molecule is CC(C)CN(C)C(=O)N(CC(=O)O)C1CCS(=O)(=O)C1. The molecule has 1 N–H and O–H groups in total. The van der Waals surface area contributed by atoms with Gasteiger partial charge in [0, 0.05) is 19.6 Å². The standard InChI is InChI=1S/C12H22N2O5S/c1-9(2)6-13(3)12(17)14(7-11(15)16)10-4-5-20(18,19)8-10/h9-10H,4-8H2,1-3H3,(H,15,16). The normalized spacial score (nSPS) is 20.9. The first kappa shape index (κ1) is 16.7. The third-order valence-electron chi connectivity index (χ3n) is 3.17. The molecule has 2 amide bonds. The Labute approximate surface area is 119 Å². The van der Waals surface area contributed by atoms with E-state index in [1.54, 1.807) is 7.05 Å². The molecule has 0 spiro atoms. The van der Waals surface area contributed by atoms with Gasteiger partial charge in [-0.15, -0.1) is 0 Å². The maximum absolute atomic E-state index is 12.3. The van der Waals surface area contributed by atoms with Crippen LogP contribution < -0.4 is 0 Å². The number of amides is 2. The van der Waals surface area contributed by atoms with Crippen LogP contribution in [-0.2, 0) is 14.6 Å².